The van der Waals surface area contributed by atoms with Gasteiger partial charge in [-0.1, -0.05) is 37.8 Å². The van der Waals surface area contributed by atoms with E-state index in [4.69, 9.17) is 9.47 Å². The Bertz CT molecular complexity index is 568. The van der Waals surface area contributed by atoms with Crippen molar-refractivity contribution in [2.24, 2.45) is 0 Å². The van der Waals surface area contributed by atoms with Crippen LogP contribution < -0.4 is 15.4 Å². The molecule has 1 saturated heterocycles. The monoisotopic (exact) mass is 375 g/mol. The molecule has 2 aliphatic rings. The third-order valence-corrected chi connectivity index (χ3v) is 5.32. The number of rotatable bonds is 7. The number of amides is 2. The lowest BCUT2D eigenvalue weighted by molar-refractivity contribution is 0.0322. The minimum Gasteiger partial charge on any atom is -0.492 e. The maximum Gasteiger partial charge on any atom is 0.315 e. The molecule has 0 aromatic heterocycles. The molecule has 0 radical (unpaired) electrons. The Hall–Kier alpha value is -1.79. The SMILES string of the molecule is O=C(NCc1cccc(OCCN2CCOCC2)c1)NC1CCCCCC1. The van der Waals surface area contributed by atoms with Gasteiger partial charge in [0, 0.05) is 32.2 Å². The number of carbonyl (C=O) groups is 1. The van der Waals surface area contributed by atoms with Gasteiger partial charge in [-0.25, -0.2) is 4.79 Å². The Morgan fingerprint density at radius 1 is 1.15 bits per heavy atom. The van der Waals surface area contributed by atoms with E-state index in [1.807, 2.05) is 24.3 Å². The van der Waals surface area contributed by atoms with Gasteiger partial charge in [0.05, 0.1) is 13.2 Å². The summed E-state index contributed by atoms with van der Waals surface area (Å²) in [6.07, 6.45) is 7.21. The fourth-order valence-electron chi connectivity index (χ4n) is 3.71. The Labute approximate surface area is 162 Å². The Morgan fingerprint density at radius 2 is 1.93 bits per heavy atom. The number of urea groups is 1. The molecule has 1 aliphatic carbocycles. The number of benzene rings is 1. The summed E-state index contributed by atoms with van der Waals surface area (Å²) in [5.74, 6) is 0.853. The zero-order chi connectivity index (χ0) is 18.7. The van der Waals surface area contributed by atoms with E-state index in [0.29, 0.717) is 19.2 Å². The molecule has 1 saturated carbocycles. The molecule has 2 N–H and O–H groups in total. The molecule has 0 atom stereocenters. The fourth-order valence-corrected chi connectivity index (χ4v) is 3.71. The van der Waals surface area contributed by atoms with Crippen molar-refractivity contribution in [1.82, 2.24) is 15.5 Å². The standard InChI is InChI=1S/C21H33N3O3/c25-21(23-19-7-3-1-2-4-8-19)22-17-18-6-5-9-20(16-18)27-15-12-24-10-13-26-14-11-24/h5-6,9,16,19H,1-4,7-8,10-15,17H2,(H2,22,23,25). The van der Waals surface area contributed by atoms with Crippen molar-refractivity contribution in [3.8, 4) is 5.75 Å². The average molecular weight is 376 g/mol. The van der Waals surface area contributed by atoms with Gasteiger partial charge in [0.25, 0.3) is 0 Å². The highest BCUT2D eigenvalue weighted by Crippen LogP contribution is 2.17. The lowest BCUT2D eigenvalue weighted by Gasteiger charge is -2.26. The molecule has 6 nitrogen and oxygen atoms in total. The van der Waals surface area contributed by atoms with Gasteiger partial charge in [0.15, 0.2) is 0 Å². The van der Waals surface area contributed by atoms with Gasteiger partial charge >= 0.3 is 6.03 Å². The van der Waals surface area contributed by atoms with Gasteiger partial charge < -0.3 is 20.1 Å². The predicted molar refractivity (Wildman–Crippen MR) is 106 cm³/mol. The topological polar surface area (TPSA) is 62.8 Å². The van der Waals surface area contributed by atoms with Crippen molar-refractivity contribution in [3.05, 3.63) is 29.8 Å². The molecule has 1 heterocycles. The summed E-state index contributed by atoms with van der Waals surface area (Å²) in [7, 11) is 0. The van der Waals surface area contributed by atoms with Gasteiger partial charge in [-0.2, -0.15) is 0 Å². The van der Waals surface area contributed by atoms with E-state index in [1.54, 1.807) is 0 Å². The second-order valence-corrected chi connectivity index (χ2v) is 7.47. The van der Waals surface area contributed by atoms with Crippen LogP contribution in [0.5, 0.6) is 5.75 Å². The molecular weight excluding hydrogens is 342 g/mol. The third kappa shape index (κ3) is 7.39. The minimum atomic E-state index is -0.0689. The van der Waals surface area contributed by atoms with Crippen LogP contribution in [-0.2, 0) is 11.3 Å². The first-order valence-corrected chi connectivity index (χ1v) is 10.4. The minimum absolute atomic E-state index is 0.0689. The van der Waals surface area contributed by atoms with Crippen LogP contribution in [0, 0.1) is 0 Å². The summed E-state index contributed by atoms with van der Waals surface area (Å²) in [4.78, 5) is 14.5. The third-order valence-electron chi connectivity index (χ3n) is 5.32. The first-order valence-electron chi connectivity index (χ1n) is 10.4. The second kappa shape index (κ2) is 11.1. The van der Waals surface area contributed by atoms with Gasteiger partial charge in [-0.05, 0) is 30.5 Å². The molecule has 1 aromatic rings. The molecule has 27 heavy (non-hydrogen) atoms. The first-order chi connectivity index (χ1) is 13.3. The number of carbonyl (C=O) groups excluding carboxylic acids is 1. The number of ether oxygens (including phenoxy) is 2. The van der Waals surface area contributed by atoms with Crippen LogP contribution in [0.25, 0.3) is 0 Å². The number of nitrogens with one attached hydrogen (secondary N) is 2. The quantitative estimate of drug-likeness (QED) is 0.720. The van der Waals surface area contributed by atoms with Crippen LogP contribution in [0.15, 0.2) is 24.3 Å². The molecule has 150 valence electrons. The van der Waals surface area contributed by atoms with Crippen molar-refractivity contribution in [2.45, 2.75) is 51.1 Å². The maximum atomic E-state index is 12.2. The van der Waals surface area contributed by atoms with Crippen molar-refractivity contribution in [1.29, 1.82) is 0 Å². The molecule has 0 spiro atoms. The highest BCUT2D eigenvalue weighted by molar-refractivity contribution is 5.74. The molecule has 0 bridgehead atoms. The second-order valence-electron chi connectivity index (χ2n) is 7.47. The van der Waals surface area contributed by atoms with Crippen LogP contribution in [0.4, 0.5) is 4.79 Å². The van der Waals surface area contributed by atoms with Gasteiger partial charge in [-0.3, -0.25) is 4.90 Å². The van der Waals surface area contributed by atoms with Gasteiger partial charge in [0.2, 0.25) is 0 Å². The number of morpholine rings is 1. The smallest absolute Gasteiger partial charge is 0.315 e. The Balaban J connectivity index is 1.37. The summed E-state index contributed by atoms with van der Waals surface area (Å²) in [5.41, 5.74) is 1.05. The van der Waals surface area contributed by atoms with Gasteiger partial charge in [-0.15, -0.1) is 0 Å². The van der Waals surface area contributed by atoms with Crippen molar-refractivity contribution >= 4 is 6.03 Å². The molecule has 6 heteroatoms. The molecule has 3 rings (SSSR count). The summed E-state index contributed by atoms with van der Waals surface area (Å²) >= 11 is 0. The van der Waals surface area contributed by atoms with Gasteiger partial charge in [0.1, 0.15) is 12.4 Å². The van der Waals surface area contributed by atoms with Crippen LogP contribution in [-0.4, -0.2) is 56.4 Å². The summed E-state index contributed by atoms with van der Waals surface area (Å²) in [6.45, 7) is 5.66. The lowest BCUT2D eigenvalue weighted by atomic mass is 10.1. The largest absolute Gasteiger partial charge is 0.492 e. The maximum absolute atomic E-state index is 12.2. The highest BCUT2D eigenvalue weighted by atomic mass is 16.5. The van der Waals surface area contributed by atoms with Crippen molar-refractivity contribution in [2.75, 3.05) is 39.5 Å². The van der Waals surface area contributed by atoms with E-state index < -0.39 is 0 Å². The van der Waals surface area contributed by atoms with E-state index in [9.17, 15) is 4.79 Å². The van der Waals surface area contributed by atoms with E-state index in [2.05, 4.69) is 15.5 Å². The molecular formula is C21H33N3O3. The number of hydrogen-bond acceptors (Lipinski definition) is 4. The Morgan fingerprint density at radius 3 is 2.70 bits per heavy atom. The normalized spacial score (nSPS) is 19.3. The molecule has 1 aliphatic heterocycles. The zero-order valence-electron chi connectivity index (χ0n) is 16.3. The zero-order valence-corrected chi connectivity index (χ0v) is 16.3. The molecule has 1 aromatic carbocycles. The summed E-state index contributed by atoms with van der Waals surface area (Å²) < 4.78 is 11.2. The van der Waals surface area contributed by atoms with E-state index in [0.717, 1.165) is 57.0 Å². The lowest BCUT2D eigenvalue weighted by Crippen LogP contribution is -2.41. The number of nitrogens with zero attached hydrogens (tertiary/aromatic N) is 1. The van der Waals surface area contributed by atoms with Crippen LogP contribution in [0.2, 0.25) is 0 Å². The number of hydrogen-bond donors (Lipinski definition) is 2. The van der Waals surface area contributed by atoms with Crippen LogP contribution in [0.1, 0.15) is 44.1 Å². The molecule has 0 unspecified atom stereocenters. The molecule has 2 fully saturated rings. The van der Waals surface area contributed by atoms with Crippen LogP contribution in [0.3, 0.4) is 0 Å². The van der Waals surface area contributed by atoms with Crippen LogP contribution >= 0.6 is 0 Å². The first kappa shape index (κ1) is 20.0. The fraction of sp³-hybridized carbons (Fsp3) is 0.667. The van der Waals surface area contributed by atoms with Crippen molar-refractivity contribution < 1.29 is 14.3 Å². The average Bonchev–Trinajstić information content (AvgIpc) is 2.96. The van der Waals surface area contributed by atoms with Crippen molar-refractivity contribution in [3.63, 3.8) is 0 Å². The molecule has 2 amide bonds. The van der Waals surface area contributed by atoms with E-state index in [-0.39, 0.29) is 6.03 Å². The van der Waals surface area contributed by atoms with E-state index in [1.165, 1.54) is 25.7 Å². The Kier molecular flexibility index (Phi) is 8.24. The predicted octanol–water partition coefficient (Wildman–Crippen LogP) is 2.92. The van der Waals surface area contributed by atoms with E-state index >= 15 is 0 Å². The highest BCUT2D eigenvalue weighted by Gasteiger charge is 2.14. The summed E-state index contributed by atoms with van der Waals surface area (Å²) in [6, 6.07) is 8.22. The summed E-state index contributed by atoms with van der Waals surface area (Å²) in [5, 5.41) is 6.09.